The predicted octanol–water partition coefficient (Wildman–Crippen LogP) is 3.24. The molecule has 2 nitrogen and oxygen atoms in total. The minimum absolute atomic E-state index is 0.720. The molecule has 0 N–H and O–H groups in total. The van der Waals surface area contributed by atoms with Gasteiger partial charge in [-0.3, -0.25) is 0 Å². The predicted molar refractivity (Wildman–Crippen MR) is 65.9 cm³/mol. The molecule has 0 bridgehead atoms. The first-order valence-corrected chi connectivity index (χ1v) is 5.71. The van der Waals surface area contributed by atoms with Gasteiger partial charge in [0.2, 0.25) is 0 Å². The van der Waals surface area contributed by atoms with Crippen molar-refractivity contribution in [2.75, 3.05) is 24.6 Å². The maximum absolute atomic E-state index is 5.63. The third-order valence-corrected chi connectivity index (χ3v) is 2.52. The molecule has 1 aromatic rings. The Labute approximate surface area is 92.9 Å². The highest BCUT2D eigenvalue weighted by atomic mass is 16.5. The minimum Gasteiger partial charge on any atom is -0.492 e. The van der Waals surface area contributed by atoms with Crippen LogP contribution in [0.1, 0.15) is 26.3 Å². The van der Waals surface area contributed by atoms with Crippen LogP contribution in [0.4, 0.5) is 5.69 Å². The number of hydrogen-bond donors (Lipinski definition) is 0. The first-order valence-electron chi connectivity index (χ1n) is 5.71. The minimum atomic E-state index is 0.720. The Balaban J connectivity index is 3.04. The van der Waals surface area contributed by atoms with Crippen LogP contribution in [0.15, 0.2) is 18.2 Å². The summed E-state index contributed by atoms with van der Waals surface area (Å²) in [6.45, 7) is 11.2. The van der Waals surface area contributed by atoms with E-state index in [1.54, 1.807) is 0 Å². The van der Waals surface area contributed by atoms with Gasteiger partial charge in [0.25, 0.3) is 0 Å². The third-order valence-electron chi connectivity index (χ3n) is 2.52. The summed E-state index contributed by atoms with van der Waals surface area (Å²) in [4.78, 5) is 2.32. The van der Waals surface area contributed by atoms with Gasteiger partial charge in [-0.2, -0.15) is 0 Å². The van der Waals surface area contributed by atoms with Crippen LogP contribution in [-0.4, -0.2) is 19.7 Å². The Hall–Kier alpha value is -1.18. The molecule has 1 aromatic carbocycles. The van der Waals surface area contributed by atoms with Crippen molar-refractivity contribution < 1.29 is 4.74 Å². The average Bonchev–Trinajstić information content (AvgIpc) is 2.24. The lowest BCUT2D eigenvalue weighted by Gasteiger charge is -2.24. The summed E-state index contributed by atoms with van der Waals surface area (Å²) in [6, 6.07) is 6.35. The van der Waals surface area contributed by atoms with E-state index in [9.17, 15) is 0 Å². The van der Waals surface area contributed by atoms with Gasteiger partial charge in [0, 0.05) is 13.1 Å². The second kappa shape index (κ2) is 5.64. The zero-order valence-corrected chi connectivity index (χ0v) is 10.2. The quantitative estimate of drug-likeness (QED) is 0.735. The molecule has 0 radical (unpaired) electrons. The summed E-state index contributed by atoms with van der Waals surface area (Å²) in [5.41, 5.74) is 2.49. The second-order valence-corrected chi connectivity index (χ2v) is 3.58. The van der Waals surface area contributed by atoms with Crippen molar-refractivity contribution in [3.63, 3.8) is 0 Å². The zero-order valence-electron chi connectivity index (χ0n) is 10.2. The Morgan fingerprint density at radius 1 is 1.13 bits per heavy atom. The molecule has 0 fully saturated rings. The highest BCUT2D eigenvalue weighted by Gasteiger charge is 2.08. The first-order chi connectivity index (χ1) is 7.22. The van der Waals surface area contributed by atoms with Crippen LogP contribution >= 0.6 is 0 Å². The molecule has 0 aliphatic heterocycles. The lowest BCUT2D eigenvalue weighted by molar-refractivity contribution is 0.340. The number of aryl methyl sites for hydroxylation is 1. The highest BCUT2D eigenvalue weighted by Crippen LogP contribution is 2.29. The van der Waals surface area contributed by atoms with Crippen LogP contribution in [0.25, 0.3) is 0 Å². The number of nitrogens with zero attached hydrogens (tertiary/aromatic N) is 1. The molecule has 0 saturated heterocycles. The van der Waals surface area contributed by atoms with Gasteiger partial charge in [0.15, 0.2) is 0 Å². The van der Waals surface area contributed by atoms with Crippen LogP contribution in [0, 0.1) is 6.92 Å². The molecule has 2 heteroatoms. The summed E-state index contributed by atoms with van der Waals surface area (Å²) in [5.74, 6) is 0.992. The molecule has 0 atom stereocenters. The molecule has 1 rings (SSSR count). The monoisotopic (exact) mass is 207 g/mol. The molecule has 84 valence electrons. The van der Waals surface area contributed by atoms with Crippen molar-refractivity contribution in [1.29, 1.82) is 0 Å². The highest BCUT2D eigenvalue weighted by molar-refractivity contribution is 5.59. The van der Waals surface area contributed by atoms with Gasteiger partial charge in [0.05, 0.1) is 12.3 Å². The van der Waals surface area contributed by atoms with Crippen molar-refractivity contribution in [1.82, 2.24) is 0 Å². The molecule has 0 heterocycles. The van der Waals surface area contributed by atoms with E-state index in [1.807, 2.05) is 6.92 Å². The second-order valence-electron chi connectivity index (χ2n) is 3.58. The van der Waals surface area contributed by atoms with Crippen molar-refractivity contribution in [3.05, 3.63) is 23.8 Å². The Bertz CT molecular complexity index is 305. The van der Waals surface area contributed by atoms with Crippen LogP contribution in [0.2, 0.25) is 0 Å². The van der Waals surface area contributed by atoms with Gasteiger partial charge < -0.3 is 9.64 Å². The fraction of sp³-hybridized carbons (Fsp3) is 0.538. The topological polar surface area (TPSA) is 12.5 Å². The van der Waals surface area contributed by atoms with Gasteiger partial charge >= 0.3 is 0 Å². The van der Waals surface area contributed by atoms with Crippen LogP contribution in [0.3, 0.4) is 0 Å². The molecule has 0 unspecified atom stereocenters. The zero-order chi connectivity index (χ0) is 11.3. The Morgan fingerprint density at radius 3 is 2.33 bits per heavy atom. The number of hydrogen-bond acceptors (Lipinski definition) is 2. The van der Waals surface area contributed by atoms with Gasteiger partial charge in [-0.15, -0.1) is 0 Å². The third kappa shape index (κ3) is 2.88. The molecule has 0 saturated carbocycles. The Morgan fingerprint density at radius 2 is 1.80 bits per heavy atom. The fourth-order valence-electron chi connectivity index (χ4n) is 1.72. The van der Waals surface area contributed by atoms with Gasteiger partial charge in [0.1, 0.15) is 5.75 Å². The van der Waals surface area contributed by atoms with E-state index in [0.717, 1.165) is 25.4 Å². The van der Waals surface area contributed by atoms with Crippen molar-refractivity contribution in [3.8, 4) is 5.75 Å². The van der Waals surface area contributed by atoms with Crippen molar-refractivity contribution >= 4 is 5.69 Å². The summed E-state index contributed by atoms with van der Waals surface area (Å²) in [6.07, 6.45) is 0. The van der Waals surface area contributed by atoms with E-state index in [2.05, 4.69) is 43.9 Å². The van der Waals surface area contributed by atoms with Crippen LogP contribution < -0.4 is 9.64 Å². The van der Waals surface area contributed by atoms with E-state index in [-0.39, 0.29) is 0 Å². The molecule has 0 spiro atoms. The molecule has 0 aromatic heterocycles. The van der Waals surface area contributed by atoms with Crippen molar-refractivity contribution in [2.45, 2.75) is 27.7 Å². The van der Waals surface area contributed by atoms with E-state index in [0.29, 0.717) is 0 Å². The number of anilines is 1. The number of ether oxygens (including phenoxy) is 1. The van der Waals surface area contributed by atoms with E-state index in [1.165, 1.54) is 11.3 Å². The van der Waals surface area contributed by atoms with Crippen LogP contribution in [0.5, 0.6) is 5.75 Å². The lowest BCUT2D eigenvalue weighted by Crippen LogP contribution is -2.22. The van der Waals surface area contributed by atoms with Gasteiger partial charge in [-0.1, -0.05) is 6.07 Å². The first kappa shape index (κ1) is 11.9. The normalized spacial score (nSPS) is 10.1. The average molecular weight is 207 g/mol. The molecule has 0 aliphatic carbocycles. The maximum Gasteiger partial charge on any atom is 0.142 e. The van der Waals surface area contributed by atoms with E-state index >= 15 is 0 Å². The van der Waals surface area contributed by atoms with E-state index in [4.69, 9.17) is 4.74 Å². The molecular formula is C13H21NO. The van der Waals surface area contributed by atoms with Crippen molar-refractivity contribution in [2.24, 2.45) is 0 Å². The lowest BCUT2D eigenvalue weighted by atomic mass is 10.2. The smallest absolute Gasteiger partial charge is 0.142 e. The molecule has 0 aliphatic rings. The fourth-order valence-corrected chi connectivity index (χ4v) is 1.72. The van der Waals surface area contributed by atoms with Gasteiger partial charge in [-0.25, -0.2) is 0 Å². The van der Waals surface area contributed by atoms with E-state index < -0.39 is 0 Å². The standard InChI is InChI=1S/C13H21NO/c1-5-14(6-2)12-10-11(4)8-9-13(12)15-7-3/h8-10H,5-7H2,1-4H3. The SMILES string of the molecule is CCOc1ccc(C)cc1N(CC)CC. The molecule has 15 heavy (non-hydrogen) atoms. The summed E-state index contributed by atoms with van der Waals surface area (Å²) >= 11 is 0. The number of rotatable bonds is 5. The Kier molecular flexibility index (Phi) is 4.47. The molecular weight excluding hydrogens is 186 g/mol. The van der Waals surface area contributed by atoms with Gasteiger partial charge in [-0.05, 0) is 45.4 Å². The summed E-state index contributed by atoms with van der Waals surface area (Å²) in [7, 11) is 0. The largest absolute Gasteiger partial charge is 0.492 e. The summed E-state index contributed by atoms with van der Waals surface area (Å²) < 4.78 is 5.63. The number of benzene rings is 1. The van der Waals surface area contributed by atoms with Crippen LogP contribution in [-0.2, 0) is 0 Å². The maximum atomic E-state index is 5.63. The molecule has 0 amide bonds. The summed E-state index contributed by atoms with van der Waals surface area (Å²) in [5, 5.41) is 0.